The summed E-state index contributed by atoms with van der Waals surface area (Å²) in [5.41, 5.74) is 1.26. The quantitative estimate of drug-likeness (QED) is 0.643. The van der Waals surface area contributed by atoms with E-state index in [-0.39, 0.29) is 10.8 Å². The number of benzene rings is 1. The molecule has 1 saturated carbocycles. The maximum Gasteiger partial charge on any atom is 0.251 e. The van der Waals surface area contributed by atoms with Gasteiger partial charge in [-0.15, -0.1) is 0 Å². The number of aryl methyl sites for hydroxylation is 1. The monoisotopic (exact) mass is 438 g/mol. The van der Waals surface area contributed by atoms with Crippen LogP contribution in [0, 0.1) is 6.92 Å². The second kappa shape index (κ2) is 10.8. The maximum absolute atomic E-state index is 13.1. The Morgan fingerprint density at radius 2 is 1.72 bits per heavy atom. The largest absolute Gasteiger partial charge is 0.351 e. The molecule has 0 radical (unpaired) electrons. The molecule has 29 heavy (non-hydrogen) atoms. The molecule has 1 N–H and O–H groups in total. The molecule has 1 aromatic carbocycles. The van der Waals surface area contributed by atoms with Crippen LogP contribution in [0.25, 0.3) is 0 Å². The number of hydrogen-bond acceptors (Lipinski definition) is 4. The molecule has 1 saturated heterocycles. The van der Waals surface area contributed by atoms with Gasteiger partial charge in [0, 0.05) is 36.2 Å². The number of amides is 1. The van der Waals surface area contributed by atoms with Gasteiger partial charge < -0.3 is 5.32 Å². The van der Waals surface area contributed by atoms with Gasteiger partial charge >= 0.3 is 0 Å². The lowest BCUT2D eigenvalue weighted by atomic mass is 10.0. The lowest BCUT2D eigenvalue weighted by Gasteiger charge is -2.21. The van der Waals surface area contributed by atoms with Crippen LogP contribution in [0.1, 0.15) is 73.7 Å². The first-order valence-electron chi connectivity index (χ1n) is 11.0. The molecule has 162 valence electrons. The first kappa shape index (κ1) is 22.6. The summed E-state index contributed by atoms with van der Waals surface area (Å²) in [5, 5.41) is 3.71. The maximum atomic E-state index is 13.1. The zero-order chi connectivity index (χ0) is 20.7. The van der Waals surface area contributed by atoms with Crippen molar-refractivity contribution < 1.29 is 13.2 Å². The molecule has 5 nitrogen and oxygen atoms in total. The van der Waals surface area contributed by atoms with Gasteiger partial charge in [-0.1, -0.05) is 38.2 Å². The van der Waals surface area contributed by atoms with Crippen molar-refractivity contribution in [3.8, 4) is 0 Å². The Kier molecular flexibility index (Phi) is 8.45. The summed E-state index contributed by atoms with van der Waals surface area (Å²) in [7, 11) is -3.55. The molecule has 1 amide bonds. The van der Waals surface area contributed by atoms with Crippen LogP contribution in [0.5, 0.6) is 0 Å². The highest BCUT2D eigenvalue weighted by molar-refractivity contribution is 7.99. The van der Waals surface area contributed by atoms with Gasteiger partial charge in [0.2, 0.25) is 10.0 Å². The van der Waals surface area contributed by atoms with Crippen LogP contribution in [0.15, 0.2) is 23.1 Å². The summed E-state index contributed by atoms with van der Waals surface area (Å²) < 4.78 is 27.7. The van der Waals surface area contributed by atoms with Gasteiger partial charge in [0.1, 0.15) is 0 Å². The third-order valence-electron chi connectivity index (χ3n) is 5.95. The van der Waals surface area contributed by atoms with Crippen LogP contribution in [0.3, 0.4) is 0 Å². The third-order valence-corrected chi connectivity index (χ3v) is 9.23. The summed E-state index contributed by atoms with van der Waals surface area (Å²) in [6.45, 7) is 3.60. The molecule has 1 aromatic rings. The van der Waals surface area contributed by atoms with Crippen molar-refractivity contribution in [3.05, 3.63) is 29.3 Å². The zero-order valence-corrected chi connectivity index (χ0v) is 19.1. The number of sulfonamides is 1. The molecule has 0 atom stereocenters. The van der Waals surface area contributed by atoms with Crippen LogP contribution in [0.2, 0.25) is 0 Å². The third kappa shape index (κ3) is 6.22. The number of carbonyl (C=O) groups is 1. The van der Waals surface area contributed by atoms with Crippen LogP contribution in [-0.4, -0.2) is 49.3 Å². The summed E-state index contributed by atoms with van der Waals surface area (Å²) in [6.07, 6.45) is 10.5. The molecule has 0 aromatic heterocycles. The predicted octanol–water partition coefficient (Wildman–Crippen LogP) is 4.36. The van der Waals surface area contributed by atoms with E-state index in [0.717, 1.165) is 42.2 Å². The molecule has 1 aliphatic carbocycles. The van der Waals surface area contributed by atoms with E-state index in [9.17, 15) is 13.2 Å². The second-order valence-electron chi connectivity index (χ2n) is 8.18. The Hall–Kier alpha value is -1.05. The molecule has 0 unspecified atom stereocenters. The summed E-state index contributed by atoms with van der Waals surface area (Å²) >= 11 is 1.95. The van der Waals surface area contributed by atoms with E-state index in [2.05, 4.69) is 5.32 Å². The Morgan fingerprint density at radius 3 is 2.41 bits per heavy atom. The minimum absolute atomic E-state index is 0.181. The standard InChI is InChI=1S/C22H34N2O3S2/c1-18-11-12-20(29(26,27)24-14-7-2-3-8-15-24)17-21(18)22(25)23-13-16-28-19-9-5-4-6-10-19/h11-12,17,19H,2-10,13-16H2,1H3,(H,23,25). The van der Waals surface area contributed by atoms with Gasteiger partial charge in [0.05, 0.1) is 4.90 Å². The normalized spacial score (nSPS) is 19.6. The number of hydrogen-bond donors (Lipinski definition) is 1. The fraction of sp³-hybridized carbons (Fsp3) is 0.682. The SMILES string of the molecule is Cc1ccc(S(=O)(=O)N2CCCCCC2)cc1C(=O)NCCSC1CCCCC1. The molecule has 0 bridgehead atoms. The van der Waals surface area contributed by atoms with Gasteiger partial charge in [-0.25, -0.2) is 8.42 Å². The minimum Gasteiger partial charge on any atom is -0.351 e. The smallest absolute Gasteiger partial charge is 0.251 e. The number of nitrogens with zero attached hydrogens (tertiary/aromatic N) is 1. The Balaban J connectivity index is 1.60. The van der Waals surface area contributed by atoms with Gasteiger partial charge in [-0.3, -0.25) is 4.79 Å². The van der Waals surface area contributed by atoms with Crippen molar-refractivity contribution in [2.75, 3.05) is 25.4 Å². The predicted molar refractivity (Wildman–Crippen MR) is 120 cm³/mol. The Bertz CT molecular complexity index is 781. The Labute approximate surface area is 180 Å². The molecule has 1 heterocycles. The van der Waals surface area contributed by atoms with Gasteiger partial charge in [0.15, 0.2) is 0 Å². The number of thioether (sulfide) groups is 1. The topological polar surface area (TPSA) is 66.5 Å². The van der Waals surface area contributed by atoms with Crippen molar-refractivity contribution in [3.63, 3.8) is 0 Å². The van der Waals surface area contributed by atoms with Gasteiger partial charge in [0.25, 0.3) is 5.91 Å². The fourth-order valence-electron chi connectivity index (χ4n) is 4.15. The van der Waals surface area contributed by atoms with Crippen LogP contribution >= 0.6 is 11.8 Å². The zero-order valence-electron chi connectivity index (χ0n) is 17.5. The fourth-order valence-corrected chi connectivity index (χ4v) is 6.92. The molecule has 0 spiro atoms. The molecule has 1 aliphatic heterocycles. The van der Waals surface area contributed by atoms with Crippen molar-refractivity contribution in [2.45, 2.75) is 74.9 Å². The highest BCUT2D eigenvalue weighted by Crippen LogP contribution is 2.28. The van der Waals surface area contributed by atoms with E-state index in [1.54, 1.807) is 22.5 Å². The van der Waals surface area contributed by atoms with Gasteiger partial charge in [-0.2, -0.15) is 16.1 Å². The molecule has 2 fully saturated rings. The van der Waals surface area contributed by atoms with E-state index in [0.29, 0.717) is 25.2 Å². The molecule has 2 aliphatic rings. The number of carbonyl (C=O) groups excluding carboxylic acids is 1. The van der Waals surface area contributed by atoms with Crippen molar-refractivity contribution in [1.82, 2.24) is 9.62 Å². The van der Waals surface area contributed by atoms with E-state index < -0.39 is 10.0 Å². The molecular weight excluding hydrogens is 404 g/mol. The van der Waals surface area contributed by atoms with Crippen LogP contribution < -0.4 is 5.32 Å². The summed E-state index contributed by atoms with van der Waals surface area (Å²) in [5.74, 6) is 0.723. The number of nitrogens with one attached hydrogen (secondary N) is 1. The van der Waals surface area contributed by atoms with Crippen LogP contribution in [0.4, 0.5) is 0 Å². The Morgan fingerprint density at radius 1 is 1.07 bits per heavy atom. The molecule has 7 heteroatoms. The van der Waals surface area contributed by atoms with E-state index >= 15 is 0 Å². The van der Waals surface area contributed by atoms with Crippen molar-refractivity contribution in [2.24, 2.45) is 0 Å². The van der Waals surface area contributed by atoms with Crippen molar-refractivity contribution in [1.29, 1.82) is 0 Å². The lowest BCUT2D eigenvalue weighted by Crippen LogP contribution is -2.32. The highest BCUT2D eigenvalue weighted by atomic mass is 32.2. The summed E-state index contributed by atoms with van der Waals surface area (Å²) in [4.78, 5) is 12.9. The lowest BCUT2D eigenvalue weighted by molar-refractivity contribution is 0.0955. The number of rotatable bonds is 7. The van der Waals surface area contributed by atoms with E-state index in [1.807, 2.05) is 18.7 Å². The highest BCUT2D eigenvalue weighted by Gasteiger charge is 2.26. The molecular formula is C22H34N2O3S2. The average Bonchev–Trinajstić information content (AvgIpc) is 3.02. The first-order valence-corrected chi connectivity index (χ1v) is 13.5. The van der Waals surface area contributed by atoms with Crippen molar-refractivity contribution >= 4 is 27.7 Å². The van der Waals surface area contributed by atoms with Gasteiger partial charge in [-0.05, 0) is 50.3 Å². The summed E-state index contributed by atoms with van der Waals surface area (Å²) in [6, 6.07) is 4.93. The van der Waals surface area contributed by atoms with Crippen LogP contribution in [-0.2, 0) is 10.0 Å². The van der Waals surface area contributed by atoms with E-state index in [4.69, 9.17) is 0 Å². The average molecular weight is 439 g/mol. The van der Waals surface area contributed by atoms with E-state index in [1.165, 1.54) is 32.1 Å². The second-order valence-corrected chi connectivity index (χ2v) is 11.5. The first-order chi connectivity index (χ1) is 14.0. The molecule has 3 rings (SSSR count). The minimum atomic E-state index is -3.55.